The number of benzene rings is 1. The van der Waals surface area contributed by atoms with Gasteiger partial charge in [-0.2, -0.15) is 0 Å². The summed E-state index contributed by atoms with van der Waals surface area (Å²) in [7, 11) is 0. The van der Waals surface area contributed by atoms with Gasteiger partial charge in [0.1, 0.15) is 17.7 Å². The highest BCUT2D eigenvalue weighted by Crippen LogP contribution is 2.37. The molecule has 1 aromatic heterocycles. The second-order valence-corrected chi connectivity index (χ2v) is 6.80. The van der Waals surface area contributed by atoms with E-state index in [2.05, 4.69) is 10.1 Å². The van der Waals surface area contributed by atoms with Crippen molar-refractivity contribution < 1.29 is 18.4 Å². The lowest BCUT2D eigenvalue weighted by Crippen LogP contribution is -2.42. The van der Waals surface area contributed by atoms with Gasteiger partial charge in [-0.3, -0.25) is 4.98 Å². The number of rotatable bonds is 3. The summed E-state index contributed by atoms with van der Waals surface area (Å²) < 4.78 is 34.4. The summed E-state index contributed by atoms with van der Waals surface area (Å²) >= 11 is 0. The van der Waals surface area contributed by atoms with Gasteiger partial charge in [-0.15, -0.1) is 0 Å². The minimum Gasteiger partial charge on any atom is -0.475 e. The van der Waals surface area contributed by atoms with E-state index in [-0.39, 0.29) is 17.7 Å². The number of aromatic nitrogens is 1. The second-order valence-electron chi connectivity index (χ2n) is 6.80. The molecule has 1 saturated carbocycles. The fourth-order valence-electron chi connectivity index (χ4n) is 3.26. The van der Waals surface area contributed by atoms with Crippen molar-refractivity contribution in [3.8, 4) is 11.1 Å². The Kier molecular flexibility index (Phi) is 4.32. The quantitative estimate of drug-likeness (QED) is 0.909. The first-order valence-corrected chi connectivity index (χ1v) is 8.57. The largest absolute Gasteiger partial charge is 0.475 e. The molecule has 0 radical (unpaired) electrons. The van der Waals surface area contributed by atoms with Crippen LogP contribution in [0, 0.1) is 18.6 Å². The van der Waals surface area contributed by atoms with Crippen LogP contribution in [0.4, 0.5) is 8.78 Å². The molecule has 0 saturated heterocycles. The molecule has 0 spiro atoms. The van der Waals surface area contributed by atoms with Crippen molar-refractivity contribution in [2.45, 2.75) is 44.4 Å². The minimum absolute atomic E-state index is 0.0561. The van der Waals surface area contributed by atoms with E-state index in [1.807, 2.05) is 6.92 Å². The third kappa shape index (κ3) is 3.14. The fourth-order valence-corrected chi connectivity index (χ4v) is 3.26. The van der Waals surface area contributed by atoms with E-state index in [1.165, 1.54) is 18.2 Å². The van der Waals surface area contributed by atoms with E-state index in [9.17, 15) is 8.78 Å². The van der Waals surface area contributed by atoms with Gasteiger partial charge in [0.15, 0.2) is 6.10 Å². The zero-order valence-corrected chi connectivity index (χ0v) is 14.3. The minimum atomic E-state index is -0.641. The van der Waals surface area contributed by atoms with E-state index in [0.717, 1.165) is 18.4 Å². The molecule has 1 aliphatic heterocycles. The Hall–Kier alpha value is -2.54. The molecule has 2 aliphatic rings. The van der Waals surface area contributed by atoms with Crippen LogP contribution >= 0.6 is 0 Å². The SMILES string of the molecule is Cc1cnc(C2CC(OC3CC(N)C3)=NO2)c(-c2c(F)cccc2F)c1. The average Bonchev–Trinajstić information content (AvgIpc) is 3.02. The number of hydrogen-bond acceptors (Lipinski definition) is 5. The van der Waals surface area contributed by atoms with Gasteiger partial charge >= 0.3 is 0 Å². The number of pyridine rings is 1. The van der Waals surface area contributed by atoms with Crippen LogP contribution in [0.25, 0.3) is 11.1 Å². The maximum atomic E-state index is 14.3. The topological polar surface area (TPSA) is 69.7 Å². The van der Waals surface area contributed by atoms with Gasteiger partial charge in [-0.1, -0.05) is 11.2 Å². The van der Waals surface area contributed by atoms with Gasteiger partial charge in [0.05, 0.1) is 17.7 Å². The average molecular weight is 359 g/mol. The summed E-state index contributed by atoms with van der Waals surface area (Å²) in [5.74, 6) is -0.816. The van der Waals surface area contributed by atoms with E-state index < -0.39 is 17.7 Å². The van der Waals surface area contributed by atoms with Gasteiger partial charge in [0.2, 0.25) is 5.90 Å². The van der Waals surface area contributed by atoms with Crippen molar-refractivity contribution in [3.63, 3.8) is 0 Å². The highest BCUT2D eigenvalue weighted by atomic mass is 19.1. The van der Waals surface area contributed by atoms with Crippen LogP contribution < -0.4 is 5.73 Å². The summed E-state index contributed by atoms with van der Waals surface area (Å²) in [6.45, 7) is 1.82. The smallest absolute Gasteiger partial charge is 0.230 e. The summed E-state index contributed by atoms with van der Waals surface area (Å²) in [6.07, 6.45) is 3.10. The molecule has 2 N–H and O–H groups in total. The number of nitrogens with zero attached hydrogens (tertiary/aromatic N) is 2. The van der Waals surface area contributed by atoms with Gasteiger partial charge in [0.25, 0.3) is 0 Å². The predicted octanol–water partition coefficient (Wildman–Crippen LogP) is 3.62. The van der Waals surface area contributed by atoms with Crippen LogP contribution in [0.3, 0.4) is 0 Å². The molecule has 26 heavy (non-hydrogen) atoms. The van der Waals surface area contributed by atoms with Crippen LogP contribution in [0.1, 0.15) is 36.6 Å². The van der Waals surface area contributed by atoms with E-state index in [4.69, 9.17) is 15.3 Å². The van der Waals surface area contributed by atoms with Crippen LogP contribution in [-0.2, 0) is 9.57 Å². The number of oxime groups is 1. The monoisotopic (exact) mass is 359 g/mol. The fraction of sp³-hybridized carbons (Fsp3) is 0.368. The second kappa shape index (κ2) is 6.64. The molecule has 5 nitrogen and oxygen atoms in total. The number of nitrogens with two attached hydrogens (primary N) is 1. The number of aryl methyl sites for hydroxylation is 1. The van der Waals surface area contributed by atoms with Crippen molar-refractivity contribution in [1.82, 2.24) is 4.98 Å². The zero-order chi connectivity index (χ0) is 18.3. The molecular weight excluding hydrogens is 340 g/mol. The molecule has 136 valence electrons. The molecule has 4 rings (SSSR count). The maximum absolute atomic E-state index is 14.3. The lowest BCUT2D eigenvalue weighted by atomic mass is 9.90. The van der Waals surface area contributed by atoms with Crippen LogP contribution in [-0.4, -0.2) is 23.0 Å². The van der Waals surface area contributed by atoms with Gasteiger partial charge in [-0.25, -0.2) is 8.78 Å². The lowest BCUT2D eigenvalue weighted by Gasteiger charge is -2.32. The van der Waals surface area contributed by atoms with Crippen molar-refractivity contribution >= 4 is 5.90 Å². The number of halogens is 2. The molecule has 2 aromatic rings. The summed E-state index contributed by atoms with van der Waals surface area (Å²) in [5, 5.41) is 3.97. The van der Waals surface area contributed by atoms with Crippen molar-refractivity contribution in [2.75, 3.05) is 0 Å². The van der Waals surface area contributed by atoms with Crippen molar-refractivity contribution in [2.24, 2.45) is 10.9 Å². The first-order chi connectivity index (χ1) is 12.5. The Morgan fingerprint density at radius 2 is 1.96 bits per heavy atom. The Morgan fingerprint density at radius 1 is 1.23 bits per heavy atom. The number of hydrogen-bond donors (Lipinski definition) is 1. The predicted molar refractivity (Wildman–Crippen MR) is 92.3 cm³/mol. The van der Waals surface area contributed by atoms with Crippen LogP contribution in [0.2, 0.25) is 0 Å². The summed E-state index contributed by atoms with van der Waals surface area (Å²) in [5.41, 5.74) is 7.25. The molecule has 7 heteroatoms. The Bertz CT molecular complexity index is 846. The molecule has 1 aromatic carbocycles. The van der Waals surface area contributed by atoms with E-state index in [0.29, 0.717) is 23.6 Å². The molecule has 0 amide bonds. The Balaban J connectivity index is 1.60. The van der Waals surface area contributed by atoms with Crippen LogP contribution in [0.15, 0.2) is 35.6 Å². The van der Waals surface area contributed by atoms with Gasteiger partial charge in [-0.05, 0) is 43.5 Å². The van der Waals surface area contributed by atoms with Crippen molar-refractivity contribution in [3.05, 3.63) is 53.4 Å². The van der Waals surface area contributed by atoms with E-state index in [1.54, 1.807) is 12.3 Å². The third-order valence-electron chi connectivity index (χ3n) is 4.67. The third-order valence-corrected chi connectivity index (χ3v) is 4.67. The molecule has 2 heterocycles. The highest BCUT2D eigenvalue weighted by molar-refractivity contribution is 5.78. The molecule has 1 unspecified atom stereocenters. The zero-order valence-electron chi connectivity index (χ0n) is 14.3. The Morgan fingerprint density at radius 3 is 2.65 bits per heavy atom. The summed E-state index contributed by atoms with van der Waals surface area (Å²) in [4.78, 5) is 9.83. The standard InChI is InChI=1S/C19H19F2N3O2/c1-10-5-13(18-14(20)3-2-4-15(18)21)19(23-9-10)16-8-17(24-26-16)25-12-6-11(22)7-12/h2-5,9,11-12,16H,6-8,22H2,1H3. The van der Waals surface area contributed by atoms with E-state index >= 15 is 0 Å². The van der Waals surface area contributed by atoms with Gasteiger partial charge in [0, 0.05) is 17.8 Å². The maximum Gasteiger partial charge on any atom is 0.230 e. The molecule has 1 aliphatic carbocycles. The number of ether oxygens (including phenoxy) is 1. The first-order valence-electron chi connectivity index (χ1n) is 8.57. The van der Waals surface area contributed by atoms with Crippen LogP contribution in [0.5, 0.6) is 0 Å². The highest BCUT2D eigenvalue weighted by Gasteiger charge is 2.34. The summed E-state index contributed by atoms with van der Waals surface area (Å²) in [6, 6.07) is 5.67. The van der Waals surface area contributed by atoms with Gasteiger partial charge < -0.3 is 15.3 Å². The van der Waals surface area contributed by atoms with Crippen molar-refractivity contribution in [1.29, 1.82) is 0 Å². The molecule has 1 atom stereocenters. The lowest BCUT2D eigenvalue weighted by molar-refractivity contribution is 0.0768. The first kappa shape index (κ1) is 16.9. The normalized spacial score (nSPS) is 24.6. The molecular formula is C19H19F2N3O2. The Labute approximate surface area is 149 Å². The molecule has 0 bridgehead atoms. The molecule has 1 fully saturated rings.